The summed E-state index contributed by atoms with van der Waals surface area (Å²) in [6, 6.07) is 17.4. The number of rotatable bonds is 4. The topological polar surface area (TPSA) is 66.5 Å². The summed E-state index contributed by atoms with van der Waals surface area (Å²) in [6.45, 7) is 0.254. The Hall–Kier alpha value is -2.77. The number of halogens is 1. The number of benzene rings is 3. The van der Waals surface area contributed by atoms with Crippen LogP contribution in [-0.4, -0.2) is 31.2 Å². The van der Waals surface area contributed by atoms with Crippen LogP contribution < -0.4 is 5.32 Å². The van der Waals surface area contributed by atoms with E-state index in [1.807, 2.05) is 24.3 Å². The van der Waals surface area contributed by atoms with Gasteiger partial charge in [-0.1, -0.05) is 42.5 Å². The van der Waals surface area contributed by atoms with Gasteiger partial charge in [-0.05, 0) is 47.9 Å². The van der Waals surface area contributed by atoms with Crippen molar-refractivity contribution >= 4 is 32.4 Å². The van der Waals surface area contributed by atoms with Crippen molar-refractivity contribution in [3.8, 4) is 0 Å². The normalized spacial score (nSPS) is 17.7. The molecule has 0 bridgehead atoms. The minimum absolute atomic E-state index is 0.0439. The minimum atomic E-state index is -3.85. The van der Waals surface area contributed by atoms with Crippen LogP contribution in [-0.2, 0) is 14.8 Å². The number of hydrogen-bond donors (Lipinski definition) is 1. The Morgan fingerprint density at radius 2 is 1.71 bits per heavy atom. The van der Waals surface area contributed by atoms with Gasteiger partial charge in [0.05, 0.1) is 10.6 Å². The van der Waals surface area contributed by atoms with Gasteiger partial charge in [-0.3, -0.25) is 4.79 Å². The fraction of sp³-hybridized carbons (Fsp3) is 0.190. The molecule has 1 aliphatic heterocycles. The maximum Gasteiger partial charge on any atom is 0.243 e. The summed E-state index contributed by atoms with van der Waals surface area (Å²) in [6.07, 6.45) is 0.968. The second kappa shape index (κ2) is 7.33. The van der Waals surface area contributed by atoms with Crippen molar-refractivity contribution in [1.29, 1.82) is 0 Å². The van der Waals surface area contributed by atoms with Gasteiger partial charge < -0.3 is 5.32 Å². The van der Waals surface area contributed by atoms with Crippen molar-refractivity contribution in [1.82, 2.24) is 4.31 Å². The number of sulfonamides is 1. The number of carbonyl (C=O) groups is 1. The van der Waals surface area contributed by atoms with E-state index in [1.165, 1.54) is 22.5 Å². The second-order valence-corrected chi connectivity index (χ2v) is 8.64. The molecule has 0 radical (unpaired) electrons. The van der Waals surface area contributed by atoms with Crippen molar-refractivity contribution in [3.63, 3.8) is 0 Å². The molecular weight excluding hydrogens is 379 g/mol. The molecule has 0 unspecified atom stereocenters. The number of hydrogen-bond acceptors (Lipinski definition) is 3. The summed E-state index contributed by atoms with van der Waals surface area (Å²) in [7, 11) is -3.85. The van der Waals surface area contributed by atoms with Gasteiger partial charge in [0.2, 0.25) is 15.9 Å². The first-order valence-electron chi connectivity index (χ1n) is 9.03. The number of para-hydroxylation sites is 1. The molecule has 1 heterocycles. The van der Waals surface area contributed by atoms with Gasteiger partial charge in [-0.25, -0.2) is 12.8 Å². The maximum atomic E-state index is 13.8. The first kappa shape index (κ1) is 18.6. The fourth-order valence-electron chi connectivity index (χ4n) is 3.53. The van der Waals surface area contributed by atoms with Crippen LogP contribution in [0.3, 0.4) is 0 Å². The zero-order chi connectivity index (χ0) is 19.7. The highest BCUT2D eigenvalue weighted by molar-refractivity contribution is 7.89. The summed E-state index contributed by atoms with van der Waals surface area (Å²) in [4.78, 5) is 12.8. The Kier molecular flexibility index (Phi) is 4.87. The lowest BCUT2D eigenvalue weighted by Crippen LogP contribution is -2.43. The van der Waals surface area contributed by atoms with E-state index >= 15 is 0 Å². The van der Waals surface area contributed by atoms with Gasteiger partial charge in [0.25, 0.3) is 0 Å². The van der Waals surface area contributed by atoms with E-state index < -0.39 is 27.8 Å². The lowest BCUT2D eigenvalue weighted by molar-refractivity contribution is -0.119. The van der Waals surface area contributed by atoms with E-state index in [1.54, 1.807) is 24.3 Å². The van der Waals surface area contributed by atoms with Gasteiger partial charge >= 0.3 is 0 Å². The molecule has 7 heteroatoms. The summed E-state index contributed by atoms with van der Waals surface area (Å²) >= 11 is 0. The summed E-state index contributed by atoms with van der Waals surface area (Å²) in [5, 5.41) is 4.27. The van der Waals surface area contributed by atoms with Gasteiger partial charge in [-0.15, -0.1) is 0 Å². The zero-order valence-electron chi connectivity index (χ0n) is 15.0. The number of anilines is 1. The Balaban J connectivity index is 1.62. The molecule has 0 aromatic heterocycles. The monoisotopic (exact) mass is 398 g/mol. The quantitative estimate of drug-likeness (QED) is 0.728. The van der Waals surface area contributed by atoms with Crippen molar-refractivity contribution in [2.24, 2.45) is 0 Å². The Morgan fingerprint density at radius 1 is 1.00 bits per heavy atom. The van der Waals surface area contributed by atoms with Crippen LogP contribution in [0.1, 0.15) is 12.8 Å². The van der Waals surface area contributed by atoms with Gasteiger partial charge in [0, 0.05) is 6.54 Å². The predicted octanol–water partition coefficient (Wildman–Crippen LogP) is 3.77. The molecule has 0 saturated carbocycles. The molecule has 1 fully saturated rings. The molecule has 1 aliphatic rings. The molecule has 1 amide bonds. The molecule has 0 spiro atoms. The van der Waals surface area contributed by atoms with Crippen LogP contribution in [0.25, 0.3) is 10.8 Å². The molecule has 1 N–H and O–H groups in total. The van der Waals surface area contributed by atoms with E-state index in [9.17, 15) is 17.6 Å². The fourth-order valence-corrected chi connectivity index (χ4v) is 5.22. The number of amides is 1. The minimum Gasteiger partial charge on any atom is -0.322 e. The van der Waals surface area contributed by atoms with Crippen molar-refractivity contribution in [3.05, 3.63) is 72.5 Å². The molecule has 0 aliphatic carbocycles. The number of fused-ring (bicyclic) bond motifs is 1. The molecule has 144 valence electrons. The smallest absolute Gasteiger partial charge is 0.243 e. The number of nitrogens with zero attached hydrogens (tertiary/aromatic N) is 1. The lowest BCUT2D eigenvalue weighted by atomic mass is 10.1. The number of nitrogens with one attached hydrogen (secondary N) is 1. The third-order valence-electron chi connectivity index (χ3n) is 4.97. The van der Waals surface area contributed by atoms with Crippen LogP contribution in [0.4, 0.5) is 10.1 Å². The second-order valence-electron chi connectivity index (χ2n) is 6.75. The number of carbonyl (C=O) groups excluding carboxylic acids is 1. The zero-order valence-corrected chi connectivity index (χ0v) is 15.8. The molecule has 1 saturated heterocycles. The van der Waals surface area contributed by atoms with Crippen LogP contribution in [0, 0.1) is 5.82 Å². The van der Waals surface area contributed by atoms with Gasteiger partial charge in [0.1, 0.15) is 11.9 Å². The molecule has 5 nitrogen and oxygen atoms in total. The third-order valence-corrected chi connectivity index (χ3v) is 6.87. The first-order chi connectivity index (χ1) is 13.5. The highest BCUT2D eigenvalue weighted by Crippen LogP contribution is 2.29. The van der Waals surface area contributed by atoms with Crippen LogP contribution in [0.5, 0.6) is 0 Å². The van der Waals surface area contributed by atoms with Crippen molar-refractivity contribution in [2.45, 2.75) is 23.8 Å². The summed E-state index contributed by atoms with van der Waals surface area (Å²) < 4.78 is 41.4. The largest absolute Gasteiger partial charge is 0.322 e. The Bertz CT molecular complexity index is 1150. The predicted molar refractivity (Wildman–Crippen MR) is 106 cm³/mol. The van der Waals surface area contributed by atoms with E-state index in [2.05, 4.69) is 5.32 Å². The van der Waals surface area contributed by atoms with Crippen LogP contribution >= 0.6 is 0 Å². The third kappa shape index (κ3) is 3.39. The molecule has 3 aromatic carbocycles. The average Bonchev–Trinajstić information content (AvgIpc) is 3.20. The van der Waals surface area contributed by atoms with Crippen LogP contribution in [0.15, 0.2) is 71.6 Å². The summed E-state index contributed by atoms with van der Waals surface area (Å²) in [5.41, 5.74) is 0.0439. The highest BCUT2D eigenvalue weighted by Gasteiger charge is 2.39. The van der Waals surface area contributed by atoms with Crippen molar-refractivity contribution in [2.75, 3.05) is 11.9 Å². The summed E-state index contributed by atoms with van der Waals surface area (Å²) in [5.74, 6) is -1.08. The SMILES string of the molecule is O=C(Nc1ccccc1F)[C@H]1CCCN1S(=O)(=O)c1ccc2ccccc2c1. The first-order valence-corrected chi connectivity index (χ1v) is 10.5. The maximum absolute atomic E-state index is 13.8. The van der Waals surface area contributed by atoms with Gasteiger partial charge in [0.15, 0.2) is 0 Å². The molecular formula is C21H19FN2O3S. The Labute approximate surface area is 162 Å². The van der Waals surface area contributed by atoms with Crippen molar-refractivity contribution < 1.29 is 17.6 Å². The molecule has 3 aromatic rings. The van der Waals surface area contributed by atoms with Crippen LogP contribution in [0.2, 0.25) is 0 Å². The molecule has 1 atom stereocenters. The molecule has 4 rings (SSSR count). The van der Waals surface area contributed by atoms with Gasteiger partial charge in [-0.2, -0.15) is 4.31 Å². The van der Waals surface area contributed by atoms with E-state index in [0.29, 0.717) is 12.8 Å². The lowest BCUT2D eigenvalue weighted by Gasteiger charge is -2.23. The van der Waals surface area contributed by atoms with E-state index in [-0.39, 0.29) is 17.1 Å². The molecule has 28 heavy (non-hydrogen) atoms. The Morgan fingerprint density at radius 3 is 2.50 bits per heavy atom. The van der Waals surface area contributed by atoms with E-state index in [4.69, 9.17) is 0 Å². The average molecular weight is 398 g/mol. The highest BCUT2D eigenvalue weighted by atomic mass is 32.2. The van der Waals surface area contributed by atoms with E-state index in [0.717, 1.165) is 10.8 Å². The standard InChI is InChI=1S/C21H19FN2O3S/c22-18-8-3-4-9-19(18)23-21(25)20-10-5-13-24(20)28(26,27)17-12-11-15-6-1-2-7-16(15)14-17/h1-4,6-9,11-12,14,20H,5,10,13H2,(H,23,25)/t20-/m1/s1.